The van der Waals surface area contributed by atoms with Gasteiger partial charge in [0, 0.05) is 11.6 Å². The molecular weight excluding hydrogens is 526 g/mol. The van der Waals surface area contributed by atoms with Gasteiger partial charge in [0.2, 0.25) is 0 Å². The molecule has 8 nitrogen and oxygen atoms in total. The van der Waals surface area contributed by atoms with E-state index in [0.717, 1.165) is 12.1 Å². The van der Waals surface area contributed by atoms with Gasteiger partial charge in [-0.2, -0.15) is 22.0 Å². The summed E-state index contributed by atoms with van der Waals surface area (Å²) in [6.45, 7) is 1.42. The molecule has 0 fully saturated rings. The standard InChI is InChI=1S/C24H20F6N2O6/c1-13(31-36-11-14-6-4-5-7-16(14)18(12-34-2)21(33)35-3)20-17-9-8-15(10-19(17)38-32-20)37-24(29,30)22(25)23(26,27)28/h4-10,12,22H,11H2,1-3H3/b18-12+,31-13-. The first-order valence-corrected chi connectivity index (χ1v) is 10.6. The average Bonchev–Trinajstić information content (AvgIpc) is 3.29. The summed E-state index contributed by atoms with van der Waals surface area (Å²) in [5, 5.41) is 7.97. The van der Waals surface area contributed by atoms with Gasteiger partial charge in [-0.25, -0.2) is 9.18 Å². The molecule has 204 valence electrons. The summed E-state index contributed by atoms with van der Waals surface area (Å²) in [6.07, 6.45) is -14.3. The molecule has 1 atom stereocenters. The number of carbonyl (C=O) groups excluding carboxylic acids is 1. The molecule has 0 N–H and O–H groups in total. The molecule has 3 rings (SSSR count). The fourth-order valence-corrected chi connectivity index (χ4v) is 3.24. The molecule has 38 heavy (non-hydrogen) atoms. The summed E-state index contributed by atoms with van der Waals surface area (Å²) in [5.41, 5.74) is 1.39. The summed E-state index contributed by atoms with van der Waals surface area (Å²) in [4.78, 5) is 17.5. The minimum absolute atomic E-state index is 0.0853. The maximum absolute atomic E-state index is 13.6. The second-order valence-corrected chi connectivity index (χ2v) is 7.62. The molecule has 0 aliphatic heterocycles. The highest BCUT2D eigenvalue weighted by Crippen LogP contribution is 2.37. The Morgan fingerprint density at radius 2 is 1.84 bits per heavy atom. The van der Waals surface area contributed by atoms with Crippen LogP contribution in [0.4, 0.5) is 26.3 Å². The van der Waals surface area contributed by atoms with Crippen LogP contribution in [0.5, 0.6) is 5.75 Å². The van der Waals surface area contributed by atoms with Gasteiger partial charge in [0.15, 0.2) is 5.58 Å². The number of aromatic nitrogens is 1. The second kappa shape index (κ2) is 11.4. The van der Waals surface area contributed by atoms with Gasteiger partial charge in [-0.1, -0.05) is 34.6 Å². The number of halogens is 6. The van der Waals surface area contributed by atoms with Crippen LogP contribution in [0.2, 0.25) is 0 Å². The van der Waals surface area contributed by atoms with Crippen molar-refractivity contribution >= 4 is 28.2 Å². The van der Waals surface area contributed by atoms with E-state index < -0.39 is 30.2 Å². The van der Waals surface area contributed by atoms with Gasteiger partial charge < -0.3 is 23.6 Å². The zero-order valence-electron chi connectivity index (χ0n) is 20.0. The highest BCUT2D eigenvalue weighted by Gasteiger charge is 2.59. The van der Waals surface area contributed by atoms with E-state index in [1.807, 2.05) is 0 Å². The Bertz CT molecular complexity index is 1350. The first-order chi connectivity index (χ1) is 17.9. The lowest BCUT2D eigenvalue weighted by Gasteiger charge is -2.22. The van der Waals surface area contributed by atoms with Gasteiger partial charge in [-0.15, -0.1) is 0 Å². The molecule has 0 saturated carbocycles. The normalized spacial score (nSPS) is 13.8. The number of esters is 1. The number of carbonyl (C=O) groups is 1. The summed E-state index contributed by atoms with van der Waals surface area (Å²) in [5.74, 6) is -1.40. The summed E-state index contributed by atoms with van der Waals surface area (Å²) in [7, 11) is 2.60. The first-order valence-electron chi connectivity index (χ1n) is 10.6. The molecule has 1 heterocycles. The highest BCUT2D eigenvalue weighted by molar-refractivity contribution is 6.16. The van der Waals surface area contributed by atoms with Crippen LogP contribution >= 0.6 is 0 Å². The van der Waals surface area contributed by atoms with Crippen molar-refractivity contribution in [1.82, 2.24) is 5.16 Å². The molecule has 0 aliphatic rings. The third-order valence-electron chi connectivity index (χ3n) is 4.99. The molecule has 2 aromatic carbocycles. The number of hydrogen-bond acceptors (Lipinski definition) is 8. The number of ether oxygens (including phenoxy) is 3. The van der Waals surface area contributed by atoms with Gasteiger partial charge in [-0.3, -0.25) is 0 Å². The van der Waals surface area contributed by atoms with Crippen molar-refractivity contribution in [1.29, 1.82) is 0 Å². The molecule has 14 heteroatoms. The van der Waals surface area contributed by atoms with Crippen molar-refractivity contribution < 1.29 is 54.7 Å². The minimum Gasteiger partial charge on any atom is -0.503 e. The van der Waals surface area contributed by atoms with Crippen molar-refractivity contribution in [2.24, 2.45) is 5.16 Å². The van der Waals surface area contributed by atoms with Crippen molar-refractivity contribution in [3.63, 3.8) is 0 Å². The summed E-state index contributed by atoms with van der Waals surface area (Å²) < 4.78 is 95.9. The van der Waals surface area contributed by atoms with Crippen LogP contribution in [-0.2, 0) is 25.7 Å². The van der Waals surface area contributed by atoms with Crippen molar-refractivity contribution in [2.75, 3.05) is 14.2 Å². The van der Waals surface area contributed by atoms with E-state index in [4.69, 9.17) is 18.8 Å². The van der Waals surface area contributed by atoms with Gasteiger partial charge in [0.05, 0.1) is 25.9 Å². The Labute approximate surface area is 211 Å². The largest absolute Gasteiger partial charge is 0.503 e. The Morgan fingerprint density at radius 1 is 1.13 bits per heavy atom. The SMILES string of the molecule is CO/C=C(/C(=O)OC)c1ccccc1CO/N=C(/C)c1noc2cc(OC(F)(F)C(F)C(F)(F)F)ccc12. The molecule has 0 amide bonds. The van der Waals surface area contributed by atoms with Crippen LogP contribution in [0.15, 0.2) is 58.4 Å². The molecule has 0 aliphatic carbocycles. The molecule has 1 unspecified atom stereocenters. The van der Waals surface area contributed by atoms with E-state index in [9.17, 15) is 31.1 Å². The van der Waals surface area contributed by atoms with Gasteiger partial charge in [0.1, 0.15) is 29.3 Å². The van der Waals surface area contributed by atoms with E-state index in [-0.39, 0.29) is 34.6 Å². The van der Waals surface area contributed by atoms with Crippen LogP contribution in [0.25, 0.3) is 16.5 Å². The van der Waals surface area contributed by atoms with Crippen molar-refractivity contribution in [2.45, 2.75) is 32.0 Å². The number of rotatable bonds is 10. The average molecular weight is 546 g/mol. The fraction of sp³-hybridized carbons (Fsp3) is 0.292. The van der Waals surface area contributed by atoms with E-state index >= 15 is 0 Å². The van der Waals surface area contributed by atoms with Crippen LogP contribution in [0, 0.1) is 0 Å². The predicted molar refractivity (Wildman–Crippen MR) is 121 cm³/mol. The Balaban J connectivity index is 1.78. The molecule has 3 aromatic rings. The van der Waals surface area contributed by atoms with Crippen molar-refractivity contribution in [3.8, 4) is 5.75 Å². The number of methoxy groups -OCH3 is 2. The smallest absolute Gasteiger partial charge is 0.439 e. The Morgan fingerprint density at radius 3 is 2.50 bits per heavy atom. The van der Waals surface area contributed by atoms with Crippen LogP contribution in [-0.4, -0.2) is 49.5 Å². The lowest BCUT2D eigenvalue weighted by atomic mass is 10.0. The summed E-state index contributed by atoms with van der Waals surface area (Å²) >= 11 is 0. The van der Waals surface area contributed by atoms with E-state index in [0.29, 0.717) is 11.1 Å². The van der Waals surface area contributed by atoms with Crippen molar-refractivity contribution in [3.05, 3.63) is 65.5 Å². The molecular formula is C24H20F6N2O6. The molecule has 0 radical (unpaired) electrons. The molecule has 0 saturated heterocycles. The van der Waals surface area contributed by atoms with Crippen LogP contribution in [0.1, 0.15) is 23.7 Å². The third-order valence-corrected chi connectivity index (χ3v) is 4.99. The van der Waals surface area contributed by atoms with E-state index in [1.54, 1.807) is 24.3 Å². The quantitative estimate of drug-likeness (QED) is 0.0793. The Hall–Kier alpha value is -4.23. The zero-order valence-corrected chi connectivity index (χ0v) is 20.0. The van der Waals surface area contributed by atoms with Crippen LogP contribution in [0.3, 0.4) is 0 Å². The zero-order chi connectivity index (χ0) is 28.1. The monoisotopic (exact) mass is 546 g/mol. The van der Waals surface area contributed by atoms with E-state index in [2.05, 4.69) is 15.0 Å². The van der Waals surface area contributed by atoms with Gasteiger partial charge in [0.25, 0.3) is 6.17 Å². The molecule has 1 aromatic heterocycles. The van der Waals surface area contributed by atoms with Crippen LogP contribution < -0.4 is 4.74 Å². The minimum atomic E-state index is -5.82. The summed E-state index contributed by atoms with van der Waals surface area (Å²) in [6, 6.07) is 9.69. The third kappa shape index (κ3) is 6.36. The molecule has 0 spiro atoms. The number of fused-ring (bicyclic) bond motifs is 1. The fourth-order valence-electron chi connectivity index (χ4n) is 3.24. The lowest BCUT2D eigenvalue weighted by Crippen LogP contribution is -2.45. The van der Waals surface area contributed by atoms with Gasteiger partial charge in [-0.05, 0) is 24.6 Å². The lowest BCUT2D eigenvalue weighted by molar-refractivity contribution is -0.304. The maximum Gasteiger partial charge on any atom is 0.439 e. The first kappa shape index (κ1) is 28.3. The second-order valence-electron chi connectivity index (χ2n) is 7.62. The number of alkyl halides is 6. The predicted octanol–water partition coefficient (Wildman–Crippen LogP) is 5.80. The molecule has 0 bridgehead atoms. The Kier molecular flexibility index (Phi) is 8.53. The topological polar surface area (TPSA) is 92.4 Å². The van der Waals surface area contributed by atoms with Gasteiger partial charge >= 0.3 is 18.3 Å². The maximum atomic E-state index is 13.6. The highest BCUT2D eigenvalue weighted by atomic mass is 19.4. The number of nitrogens with zero attached hydrogens (tertiary/aromatic N) is 2. The number of hydrogen-bond donors (Lipinski definition) is 0. The number of oxime groups is 1. The number of benzene rings is 2. The van der Waals surface area contributed by atoms with E-state index in [1.165, 1.54) is 33.5 Å².